The first kappa shape index (κ1) is 17.4. The van der Waals surface area contributed by atoms with Gasteiger partial charge in [-0.2, -0.15) is 0 Å². The van der Waals surface area contributed by atoms with Gasteiger partial charge in [0.2, 0.25) is 0 Å². The minimum Gasteiger partial charge on any atom is -0.481 e. The molecule has 0 saturated carbocycles. The first-order valence-electron chi connectivity index (χ1n) is 7.27. The summed E-state index contributed by atoms with van der Waals surface area (Å²) in [5.41, 5.74) is 0.550. The number of ether oxygens (including phenoxy) is 1. The van der Waals surface area contributed by atoms with Crippen molar-refractivity contribution in [1.29, 1.82) is 0 Å². The van der Waals surface area contributed by atoms with Gasteiger partial charge in [0.05, 0.1) is 11.0 Å². The lowest BCUT2D eigenvalue weighted by Crippen LogP contribution is -2.37. The summed E-state index contributed by atoms with van der Waals surface area (Å²) >= 11 is 0. The highest BCUT2D eigenvalue weighted by Crippen LogP contribution is 2.20. The van der Waals surface area contributed by atoms with E-state index in [0.29, 0.717) is 5.56 Å². The van der Waals surface area contributed by atoms with Gasteiger partial charge in [-0.05, 0) is 30.7 Å². The molecule has 0 radical (unpaired) electrons. The minimum absolute atomic E-state index is 0.111. The Hall–Kier alpha value is -2.96. The second-order valence-electron chi connectivity index (χ2n) is 5.34. The maximum absolute atomic E-state index is 13.2. The molecule has 7 heteroatoms. The SMILES string of the molecule is C[C@@H](Oc1cccc([N+](=O)[O-])c1)C(=O)N(C)Cc1cccc(F)c1. The van der Waals surface area contributed by atoms with Gasteiger partial charge in [0.15, 0.2) is 6.10 Å². The van der Waals surface area contributed by atoms with Crippen molar-refractivity contribution in [2.24, 2.45) is 0 Å². The molecule has 0 fully saturated rings. The zero-order chi connectivity index (χ0) is 17.7. The number of carbonyl (C=O) groups is 1. The number of hydrogen-bond donors (Lipinski definition) is 0. The molecule has 126 valence electrons. The minimum atomic E-state index is -0.828. The van der Waals surface area contributed by atoms with E-state index in [1.54, 1.807) is 32.2 Å². The molecule has 24 heavy (non-hydrogen) atoms. The summed E-state index contributed by atoms with van der Waals surface area (Å²) in [4.78, 5) is 24.0. The largest absolute Gasteiger partial charge is 0.481 e. The van der Waals surface area contributed by atoms with Crippen LogP contribution in [0, 0.1) is 15.9 Å². The summed E-state index contributed by atoms with van der Waals surface area (Å²) in [6.07, 6.45) is -0.828. The molecular formula is C17H17FN2O4. The van der Waals surface area contributed by atoms with Crippen molar-refractivity contribution in [2.75, 3.05) is 7.05 Å². The zero-order valence-corrected chi connectivity index (χ0v) is 13.3. The Balaban J connectivity index is 2.00. The van der Waals surface area contributed by atoms with Gasteiger partial charge >= 0.3 is 0 Å². The molecule has 2 aromatic carbocycles. The molecule has 0 bridgehead atoms. The van der Waals surface area contributed by atoms with Crippen LogP contribution in [0.4, 0.5) is 10.1 Å². The van der Waals surface area contributed by atoms with Gasteiger partial charge in [-0.3, -0.25) is 14.9 Å². The molecule has 0 aromatic heterocycles. The molecule has 0 heterocycles. The summed E-state index contributed by atoms with van der Waals surface area (Å²) in [5.74, 6) is -0.441. The summed E-state index contributed by atoms with van der Waals surface area (Å²) < 4.78 is 18.7. The third-order valence-corrected chi connectivity index (χ3v) is 3.37. The number of likely N-dealkylation sites (N-methyl/N-ethyl adjacent to an activating group) is 1. The van der Waals surface area contributed by atoms with Crippen molar-refractivity contribution < 1.29 is 18.8 Å². The second kappa shape index (κ2) is 7.54. The zero-order valence-electron chi connectivity index (χ0n) is 13.3. The Morgan fingerprint density at radius 1 is 1.29 bits per heavy atom. The molecule has 2 aromatic rings. The third-order valence-electron chi connectivity index (χ3n) is 3.37. The molecule has 0 aliphatic rings. The lowest BCUT2D eigenvalue weighted by Gasteiger charge is -2.22. The van der Waals surface area contributed by atoms with E-state index in [9.17, 15) is 19.3 Å². The first-order chi connectivity index (χ1) is 11.4. The molecule has 6 nitrogen and oxygen atoms in total. The number of non-ortho nitro benzene ring substituents is 1. The molecule has 0 aliphatic heterocycles. The molecule has 1 atom stereocenters. The highest BCUT2D eigenvalue weighted by molar-refractivity contribution is 5.80. The monoisotopic (exact) mass is 332 g/mol. The Morgan fingerprint density at radius 3 is 2.67 bits per heavy atom. The van der Waals surface area contributed by atoms with Gasteiger partial charge in [0.1, 0.15) is 11.6 Å². The van der Waals surface area contributed by atoms with E-state index in [2.05, 4.69) is 0 Å². The van der Waals surface area contributed by atoms with E-state index in [0.717, 1.165) is 0 Å². The van der Waals surface area contributed by atoms with E-state index in [-0.39, 0.29) is 29.7 Å². The highest BCUT2D eigenvalue weighted by atomic mass is 19.1. The number of carbonyl (C=O) groups excluding carboxylic acids is 1. The molecule has 0 aliphatic carbocycles. The smallest absolute Gasteiger partial charge is 0.273 e. The van der Waals surface area contributed by atoms with Gasteiger partial charge < -0.3 is 9.64 Å². The number of halogens is 1. The first-order valence-corrected chi connectivity index (χ1v) is 7.27. The topological polar surface area (TPSA) is 72.7 Å². The van der Waals surface area contributed by atoms with Crippen molar-refractivity contribution in [3.05, 3.63) is 70.0 Å². The number of nitro benzene ring substituents is 1. The number of hydrogen-bond acceptors (Lipinski definition) is 4. The van der Waals surface area contributed by atoms with E-state index >= 15 is 0 Å². The van der Waals surface area contributed by atoms with Crippen LogP contribution >= 0.6 is 0 Å². The maximum Gasteiger partial charge on any atom is 0.273 e. The van der Waals surface area contributed by atoms with Crippen molar-refractivity contribution in [1.82, 2.24) is 4.90 Å². The molecule has 2 rings (SSSR count). The Kier molecular flexibility index (Phi) is 5.47. The van der Waals surface area contributed by atoms with Gasteiger partial charge in [0, 0.05) is 19.7 Å². The van der Waals surface area contributed by atoms with Crippen LogP contribution in [0.25, 0.3) is 0 Å². The number of rotatable bonds is 6. The standard InChI is InChI=1S/C17H17FN2O4/c1-12(24-16-8-4-7-15(10-16)20(22)23)17(21)19(2)11-13-5-3-6-14(18)9-13/h3-10,12H,11H2,1-2H3/t12-/m1/s1. The van der Waals surface area contributed by atoms with Gasteiger partial charge in [-0.1, -0.05) is 18.2 Å². The molecular weight excluding hydrogens is 315 g/mol. The van der Waals surface area contributed by atoms with Crippen LogP contribution in [-0.2, 0) is 11.3 Å². The molecule has 0 unspecified atom stereocenters. The molecule has 0 saturated heterocycles. The Labute approximate surface area is 138 Å². The van der Waals surface area contributed by atoms with Crippen LogP contribution in [0.2, 0.25) is 0 Å². The fourth-order valence-corrected chi connectivity index (χ4v) is 2.22. The Morgan fingerprint density at radius 2 is 2.00 bits per heavy atom. The number of amides is 1. The quantitative estimate of drug-likeness (QED) is 0.602. The van der Waals surface area contributed by atoms with Crippen molar-refractivity contribution >= 4 is 11.6 Å². The van der Waals surface area contributed by atoms with Crippen LogP contribution in [-0.4, -0.2) is 28.9 Å². The summed E-state index contributed by atoms with van der Waals surface area (Å²) in [5, 5.41) is 10.8. The van der Waals surface area contributed by atoms with Gasteiger partial charge in [0.25, 0.3) is 11.6 Å². The van der Waals surface area contributed by atoms with Crippen LogP contribution in [0.5, 0.6) is 5.75 Å². The van der Waals surface area contributed by atoms with Crippen molar-refractivity contribution in [2.45, 2.75) is 19.6 Å². The summed E-state index contributed by atoms with van der Waals surface area (Å²) in [6, 6.07) is 11.6. The van der Waals surface area contributed by atoms with Crippen LogP contribution in [0.3, 0.4) is 0 Å². The van der Waals surface area contributed by atoms with Gasteiger partial charge in [-0.15, -0.1) is 0 Å². The summed E-state index contributed by atoms with van der Waals surface area (Å²) in [7, 11) is 1.58. The maximum atomic E-state index is 13.2. The number of benzene rings is 2. The predicted octanol–water partition coefficient (Wildman–Crippen LogP) is 3.16. The van der Waals surface area contributed by atoms with Crippen molar-refractivity contribution in [3.63, 3.8) is 0 Å². The van der Waals surface area contributed by atoms with Crippen LogP contribution in [0.15, 0.2) is 48.5 Å². The lowest BCUT2D eigenvalue weighted by atomic mass is 10.2. The number of nitro groups is 1. The third kappa shape index (κ3) is 4.52. The Bertz CT molecular complexity index is 751. The molecule has 1 amide bonds. The average molecular weight is 332 g/mol. The number of nitrogens with zero attached hydrogens (tertiary/aromatic N) is 2. The average Bonchev–Trinajstić information content (AvgIpc) is 2.54. The van der Waals surface area contributed by atoms with E-state index in [1.165, 1.54) is 35.2 Å². The second-order valence-corrected chi connectivity index (χ2v) is 5.34. The molecule has 0 N–H and O–H groups in total. The summed E-state index contributed by atoms with van der Waals surface area (Å²) in [6.45, 7) is 1.79. The normalized spacial score (nSPS) is 11.6. The highest BCUT2D eigenvalue weighted by Gasteiger charge is 2.20. The molecule has 0 spiro atoms. The fourth-order valence-electron chi connectivity index (χ4n) is 2.22. The van der Waals surface area contributed by atoms with E-state index < -0.39 is 11.0 Å². The van der Waals surface area contributed by atoms with Gasteiger partial charge in [-0.25, -0.2) is 4.39 Å². The van der Waals surface area contributed by atoms with E-state index in [4.69, 9.17) is 4.74 Å². The predicted molar refractivity (Wildman–Crippen MR) is 86.1 cm³/mol. The fraction of sp³-hybridized carbons (Fsp3) is 0.235. The van der Waals surface area contributed by atoms with E-state index in [1.807, 2.05) is 0 Å². The van der Waals surface area contributed by atoms with Crippen molar-refractivity contribution in [3.8, 4) is 5.75 Å². The van der Waals surface area contributed by atoms with Crippen LogP contribution < -0.4 is 4.74 Å². The lowest BCUT2D eigenvalue weighted by molar-refractivity contribution is -0.384. The van der Waals surface area contributed by atoms with Crippen LogP contribution in [0.1, 0.15) is 12.5 Å².